The first kappa shape index (κ1) is 17.3. The predicted octanol–water partition coefficient (Wildman–Crippen LogP) is 3.68. The number of hydrogen-bond donors (Lipinski definition) is 1. The molecule has 1 atom stereocenters. The summed E-state index contributed by atoms with van der Waals surface area (Å²) in [5.74, 6) is 1.84. The zero-order valence-corrected chi connectivity index (χ0v) is 14.0. The third kappa shape index (κ3) is 4.24. The van der Waals surface area contributed by atoms with Crippen LogP contribution in [0.5, 0.6) is 11.5 Å². The van der Waals surface area contributed by atoms with Crippen molar-refractivity contribution in [2.45, 2.75) is 25.4 Å². The molecule has 1 heterocycles. The summed E-state index contributed by atoms with van der Waals surface area (Å²) < 4.78 is 10.4. The van der Waals surface area contributed by atoms with E-state index in [1.807, 2.05) is 24.3 Å². The molecule has 1 saturated heterocycles. The lowest BCUT2D eigenvalue weighted by atomic mass is 9.94. The van der Waals surface area contributed by atoms with Crippen LogP contribution in [0.4, 0.5) is 0 Å². The van der Waals surface area contributed by atoms with Crippen LogP contribution in [0.1, 0.15) is 17.5 Å². The van der Waals surface area contributed by atoms with Gasteiger partial charge in [0.2, 0.25) is 0 Å². The molecule has 0 spiro atoms. The summed E-state index contributed by atoms with van der Waals surface area (Å²) in [6, 6.07) is 17.5. The third-order valence-electron chi connectivity index (χ3n) is 4.44. The fourth-order valence-corrected chi connectivity index (χ4v) is 2.93. The van der Waals surface area contributed by atoms with Gasteiger partial charge in [0.25, 0.3) is 0 Å². The van der Waals surface area contributed by atoms with Gasteiger partial charge in [-0.2, -0.15) is 0 Å². The van der Waals surface area contributed by atoms with Crippen molar-refractivity contribution >= 4 is 0 Å². The molecule has 23 heavy (non-hydrogen) atoms. The summed E-state index contributed by atoms with van der Waals surface area (Å²) in [6.07, 6.45) is 2.39. The summed E-state index contributed by atoms with van der Waals surface area (Å²) in [5.41, 5.74) is 2.73. The first-order valence-electron chi connectivity index (χ1n) is 7.78. The summed E-state index contributed by atoms with van der Waals surface area (Å²) >= 11 is 0. The van der Waals surface area contributed by atoms with E-state index in [1.165, 1.54) is 24.1 Å². The minimum Gasteiger partial charge on any atom is -0.497 e. The van der Waals surface area contributed by atoms with Crippen molar-refractivity contribution in [2.24, 2.45) is 0 Å². The molecule has 1 aliphatic heterocycles. The van der Waals surface area contributed by atoms with Gasteiger partial charge in [0, 0.05) is 19.1 Å². The Morgan fingerprint density at radius 3 is 1.83 bits per heavy atom. The molecule has 1 fully saturated rings. The lowest BCUT2D eigenvalue weighted by Crippen LogP contribution is -2.48. The van der Waals surface area contributed by atoms with Crippen molar-refractivity contribution in [3.8, 4) is 11.5 Å². The van der Waals surface area contributed by atoms with Gasteiger partial charge < -0.3 is 15.6 Å². The smallest absolute Gasteiger partial charge is 0.118 e. The summed E-state index contributed by atoms with van der Waals surface area (Å²) in [5, 5.41) is 0. The highest BCUT2D eigenvalue weighted by atomic mass is 16.5. The van der Waals surface area contributed by atoms with Gasteiger partial charge in [-0.3, -0.25) is 4.90 Å². The van der Waals surface area contributed by atoms with E-state index in [0.717, 1.165) is 24.5 Å². The van der Waals surface area contributed by atoms with Gasteiger partial charge in [0.15, 0.2) is 0 Å². The molecular formula is C19H26N2O2. The molecule has 0 bridgehead atoms. The zero-order chi connectivity index (χ0) is 15.4. The second-order valence-electron chi connectivity index (χ2n) is 5.81. The van der Waals surface area contributed by atoms with Crippen LogP contribution in [0.2, 0.25) is 0 Å². The Morgan fingerprint density at radius 2 is 1.39 bits per heavy atom. The fraction of sp³-hybridized carbons (Fsp3) is 0.368. The first-order valence-corrected chi connectivity index (χ1v) is 7.78. The van der Waals surface area contributed by atoms with Crippen molar-refractivity contribution in [1.82, 2.24) is 11.1 Å². The Balaban J connectivity index is 0.00000192. The van der Waals surface area contributed by atoms with Crippen LogP contribution >= 0.6 is 0 Å². The van der Waals surface area contributed by atoms with E-state index in [2.05, 4.69) is 29.2 Å². The van der Waals surface area contributed by atoms with E-state index < -0.39 is 0 Å². The van der Waals surface area contributed by atoms with Gasteiger partial charge in [-0.15, -0.1) is 0 Å². The van der Waals surface area contributed by atoms with E-state index in [-0.39, 0.29) is 6.15 Å². The number of benzene rings is 2. The molecule has 0 aromatic heterocycles. The van der Waals surface area contributed by atoms with Crippen molar-refractivity contribution in [1.29, 1.82) is 0 Å². The van der Waals surface area contributed by atoms with E-state index in [0.29, 0.717) is 6.04 Å². The third-order valence-corrected chi connectivity index (χ3v) is 4.44. The highest BCUT2D eigenvalue weighted by Crippen LogP contribution is 2.25. The second-order valence-corrected chi connectivity index (χ2v) is 5.81. The van der Waals surface area contributed by atoms with Crippen LogP contribution in [-0.2, 0) is 13.0 Å². The normalized spacial score (nSPS) is 17.0. The Morgan fingerprint density at radius 1 is 0.870 bits per heavy atom. The van der Waals surface area contributed by atoms with Crippen LogP contribution in [0.25, 0.3) is 0 Å². The number of methoxy groups -OCH3 is 2. The number of rotatable bonds is 6. The van der Waals surface area contributed by atoms with Crippen LogP contribution in [0, 0.1) is 0 Å². The van der Waals surface area contributed by atoms with E-state index in [1.54, 1.807) is 14.2 Å². The van der Waals surface area contributed by atoms with E-state index in [4.69, 9.17) is 9.47 Å². The molecule has 4 heteroatoms. The van der Waals surface area contributed by atoms with Crippen LogP contribution in [-0.4, -0.2) is 31.7 Å². The van der Waals surface area contributed by atoms with Gasteiger partial charge in [0.05, 0.1) is 14.2 Å². The molecule has 0 aliphatic carbocycles. The molecular weight excluding hydrogens is 288 g/mol. The molecule has 0 radical (unpaired) electrons. The zero-order valence-electron chi connectivity index (χ0n) is 14.0. The second kappa shape index (κ2) is 7.99. The Hall–Kier alpha value is -2.04. The minimum atomic E-state index is 0. The summed E-state index contributed by atoms with van der Waals surface area (Å²) in [4.78, 5) is 2.55. The average molecular weight is 314 g/mol. The maximum absolute atomic E-state index is 5.21. The molecule has 4 nitrogen and oxygen atoms in total. The predicted molar refractivity (Wildman–Crippen MR) is 93.5 cm³/mol. The van der Waals surface area contributed by atoms with Crippen molar-refractivity contribution in [3.63, 3.8) is 0 Å². The van der Waals surface area contributed by atoms with Crippen LogP contribution in [0.15, 0.2) is 48.5 Å². The minimum absolute atomic E-state index is 0. The Bertz CT molecular complexity index is 540. The van der Waals surface area contributed by atoms with Gasteiger partial charge in [-0.05, 0) is 48.2 Å². The first-order chi connectivity index (χ1) is 10.8. The molecule has 3 rings (SSSR count). The number of hydrogen-bond acceptors (Lipinski definition) is 4. The molecule has 0 saturated carbocycles. The average Bonchev–Trinajstić information content (AvgIpc) is 2.57. The molecule has 1 aliphatic rings. The molecule has 1 unspecified atom stereocenters. The molecule has 124 valence electrons. The number of ether oxygens (including phenoxy) is 2. The quantitative estimate of drug-likeness (QED) is 0.883. The van der Waals surface area contributed by atoms with Crippen molar-refractivity contribution < 1.29 is 9.47 Å². The lowest BCUT2D eigenvalue weighted by Gasteiger charge is -2.41. The largest absolute Gasteiger partial charge is 0.497 e. The van der Waals surface area contributed by atoms with Gasteiger partial charge in [-0.25, -0.2) is 0 Å². The molecule has 3 N–H and O–H groups in total. The maximum atomic E-state index is 5.21. The molecule has 0 amide bonds. The van der Waals surface area contributed by atoms with Crippen molar-refractivity contribution in [3.05, 3.63) is 59.7 Å². The summed E-state index contributed by atoms with van der Waals surface area (Å²) in [6.45, 7) is 2.21. The summed E-state index contributed by atoms with van der Waals surface area (Å²) in [7, 11) is 3.41. The highest BCUT2D eigenvalue weighted by Gasteiger charge is 2.27. The maximum Gasteiger partial charge on any atom is 0.118 e. The lowest BCUT2D eigenvalue weighted by molar-refractivity contribution is 0.0821. The van der Waals surface area contributed by atoms with Crippen LogP contribution in [0.3, 0.4) is 0 Å². The Kier molecular flexibility index (Phi) is 6.02. The molecule has 2 aromatic carbocycles. The SMILES string of the molecule is COc1ccc(CC2CCN2Cc2ccc(OC)cc2)cc1.N. The van der Waals surface area contributed by atoms with Crippen molar-refractivity contribution in [2.75, 3.05) is 20.8 Å². The number of nitrogens with zero attached hydrogens (tertiary/aromatic N) is 1. The monoisotopic (exact) mass is 314 g/mol. The van der Waals surface area contributed by atoms with Gasteiger partial charge >= 0.3 is 0 Å². The number of likely N-dealkylation sites (tertiary alicyclic amines) is 1. The van der Waals surface area contributed by atoms with Gasteiger partial charge in [0.1, 0.15) is 11.5 Å². The fourth-order valence-electron chi connectivity index (χ4n) is 2.93. The standard InChI is InChI=1S/C19H23NO2.H3N/c1-21-18-7-3-15(4-8-18)13-17-11-12-20(17)14-16-5-9-19(22-2)10-6-16;/h3-10,17H,11-14H2,1-2H3;1H3. The van der Waals surface area contributed by atoms with E-state index >= 15 is 0 Å². The Labute approximate surface area is 138 Å². The topological polar surface area (TPSA) is 56.7 Å². The highest BCUT2D eigenvalue weighted by molar-refractivity contribution is 5.29. The molecule has 2 aromatic rings. The van der Waals surface area contributed by atoms with Gasteiger partial charge in [-0.1, -0.05) is 24.3 Å². The van der Waals surface area contributed by atoms with Crippen LogP contribution < -0.4 is 15.6 Å². The van der Waals surface area contributed by atoms with E-state index in [9.17, 15) is 0 Å².